The molecule has 0 amide bonds. The molecule has 0 fully saturated rings. The topological polar surface area (TPSA) is 12.5 Å². The van der Waals surface area contributed by atoms with Crippen LogP contribution in [0.3, 0.4) is 0 Å². The Morgan fingerprint density at radius 1 is 1.04 bits per heavy atom. The first-order chi connectivity index (χ1) is 10.8. The van der Waals surface area contributed by atoms with Crippen molar-refractivity contribution in [3.63, 3.8) is 0 Å². The number of unbranched alkanes of at least 4 members (excludes halogenated alkanes) is 2. The zero-order valence-electron chi connectivity index (χ0n) is 14.3. The molecule has 1 aromatic rings. The molecule has 0 saturated heterocycles. The summed E-state index contributed by atoms with van der Waals surface area (Å²) in [6, 6.07) is 6.14. The van der Waals surface area contributed by atoms with Crippen molar-refractivity contribution in [2.24, 2.45) is 5.92 Å². The first-order valence-corrected chi connectivity index (χ1v) is 8.37. The van der Waals surface area contributed by atoms with Crippen molar-refractivity contribution in [3.05, 3.63) is 29.8 Å². The summed E-state index contributed by atoms with van der Waals surface area (Å²) in [6.07, 6.45) is 0.293. The van der Waals surface area contributed by atoms with Crippen LogP contribution in [0.15, 0.2) is 24.3 Å². The molecular formula is C18H28F3NO. The number of hydrogen-bond acceptors (Lipinski definition) is 2. The molecule has 0 atom stereocenters. The van der Waals surface area contributed by atoms with E-state index < -0.39 is 6.36 Å². The number of benzene rings is 1. The van der Waals surface area contributed by atoms with Crippen molar-refractivity contribution < 1.29 is 17.9 Å². The van der Waals surface area contributed by atoms with Gasteiger partial charge >= 0.3 is 6.36 Å². The second kappa shape index (κ2) is 9.81. The number of nitrogens with zero attached hydrogens (tertiary/aromatic N) is 1. The van der Waals surface area contributed by atoms with Gasteiger partial charge in [0.1, 0.15) is 5.75 Å². The number of alkyl halides is 3. The maximum atomic E-state index is 12.1. The van der Waals surface area contributed by atoms with Crippen LogP contribution in [0.2, 0.25) is 0 Å². The molecule has 0 radical (unpaired) electrons. The summed E-state index contributed by atoms with van der Waals surface area (Å²) in [7, 11) is 0. The average Bonchev–Trinajstić information content (AvgIpc) is 2.45. The molecule has 0 aliphatic rings. The van der Waals surface area contributed by atoms with Crippen LogP contribution in [-0.2, 0) is 6.54 Å². The first kappa shape index (κ1) is 19.8. The summed E-state index contributed by atoms with van der Waals surface area (Å²) in [5, 5.41) is 0. The maximum absolute atomic E-state index is 12.1. The smallest absolute Gasteiger partial charge is 0.406 e. The van der Waals surface area contributed by atoms with Crippen LogP contribution in [0.5, 0.6) is 5.75 Å². The van der Waals surface area contributed by atoms with E-state index in [9.17, 15) is 13.2 Å². The monoisotopic (exact) mass is 331 g/mol. The van der Waals surface area contributed by atoms with Crippen molar-refractivity contribution in [3.8, 4) is 5.75 Å². The van der Waals surface area contributed by atoms with Crippen LogP contribution < -0.4 is 4.74 Å². The molecule has 2 nitrogen and oxygen atoms in total. The number of halogens is 3. The van der Waals surface area contributed by atoms with Gasteiger partial charge in [0.05, 0.1) is 0 Å². The Balaban J connectivity index is 2.37. The summed E-state index contributed by atoms with van der Waals surface area (Å²) in [6.45, 7) is 9.30. The van der Waals surface area contributed by atoms with Gasteiger partial charge in [-0.15, -0.1) is 13.2 Å². The third-order valence-electron chi connectivity index (χ3n) is 3.77. The summed E-state index contributed by atoms with van der Waals surface area (Å²) >= 11 is 0. The second-order valence-corrected chi connectivity index (χ2v) is 6.30. The molecule has 0 saturated carbocycles. The molecule has 0 bridgehead atoms. The van der Waals surface area contributed by atoms with Crippen LogP contribution in [0.25, 0.3) is 0 Å². The van der Waals surface area contributed by atoms with E-state index in [2.05, 4.69) is 30.4 Å². The van der Waals surface area contributed by atoms with Crippen LogP contribution in [0, 0.1) is 5.92 Å². The quantitative estimate of drug-likeness (QED) is 0.516. The largest absolute Gasteiger partial charge is 0.573 e. The lowest BCUT2D eigenvalue weighted by Gasteiger charge is -2.20. The van der Waals surface area contributed by atoms with Gasteiger partial charge in [0, 0.05) is 6.54 Å². The SMILES string of the molecule is CCN(CCCCCC(C)C)Cc1ccc(OC(F)(F)F)cc1. The molecular weight excluding hydrogens is 303 g/mol. The summed E-state index contributed by atoms with van der Waals surface area (Å²) in [5.41, 5.74) is 1.00. The Kier molecular flexibility index (Phi) is 8.45. The van der Waals surface area contributed by atoms with E-state index in [0.717, 1.165) is 37.5 Å². The summed E-state index contributed by atoms with van der Waals surface area (Å²) in [5.74, 6) is 0.590. The molecule has 0 heterocycles. The molecule has 0 aromatic heterocycles. The Morgan fingerprint density at radius 3 is 2.22 bits per heavy atom. The lowest BCUT2D eigenvalue weighted by Crippen LogP contribution is -2.24. The predicted molar refractivity (Wildman–Crippen MR) is 87.4 cm³/mol. The minimum Gasteiger partial charge on any atom is -0.406 e. The summed E-state index contributed by atoms with van der Waals surface area (Å²) < 4.78 is 40.3. The van der Waals surface area contributed by atoms with E-state index in [0.29, 0.717) is 0 Å². The lowest BCUT2D eigenvalue weighted by molar-refractivity contribution is -0.274. The fourth-order valence-electron chi connectivity index (χ4n) is 2.47. The molecule has 132 valence electrons. The standard InChI is InChI=1S/C18H28F3NO/c1-4-22(13-7-5-6-8-15(2)3)14-16-9-11-17(12-10-16)23-18(19,20)21/h9-12,15H,4-8,13-14H2,1-3H3. The van der Waals surface area contributed by atoms with E-state index in [1.54, 1.807) is 12.1 Å². The van der Waals surface area contributed by atoms with Crippen LogP contribution >= 0.6 is 0 Å². The molecule has 0 unspecified atom stereocenters. The van der Waals surface area contributed by atoms with Crippen molar-refractivity contribution in [2.75, 3.05) is 13.1 Å². The van der Waals surface area contributed by atoms with Crippen molar-refractivity contribution in [2.45, 2.75) is 59.4 Å². The van der Waals surface area contributed by atoms with E-state index in [1.807, 2.05) is 0 Å². The van der Waals surface area contributed by atoms with Crippen LogP contribution in [0.4, 0.5) is 13.2 Å². The normalized spacial score (nSPS) is 12.2. The van der Waals surface area contributed by atoms with Crippen molar-refractivity contribution in [1.29, 1.82) is 0 Å². The van der Waals surface area contributed by atoms with Gasteiger partial charge in [-0.2, -0.15) is 0 Å². The third-order valence-corrected chi connectivity index (χ3v) is 3.77. The number of hydrogen-bond donors (Lipinski definition) is 0. The van der Waals surface area contributed by atoms with E-state index in [-0.39, 0.29) is 5.75 Å². The van der Waals surface area contributed by atoms with E-state index in [1.165, 1.54) is 31.4 Å². The molecule has 1 aromatic carbocycles. The van der Waals surface area contributed by atoms with Gasteiger partial charge in [-0.05, 0) is 43.1 Å². The highest BCUT2D eigenvalue weighted by atomic mass is 19.4. The maximum Gasteiger partial charge on any atom is 0.573 e. The van der Waals surface area contributed by atoms with Gasteiger partial charge < -0.3 is 4.74 Å². The predicted octanol–water partition coefficient (Wildman–Crippen LogP) is 5.62. The fourth-order valence-corrected chi connectivity index (χ4v) is 2.47. The third kappa shape index (κ3) is 9.49. The number of rotatable bonds is 10. The van der Waals surface area contributed by atoms with Crippen molar-refractivity contribution in [1.82, 2.24) is 4.90 Å². The molecule has 5 heteroatoms. The molecule has 23 heavy (non-hydrogen) atoms. The zero-order valence-corrected chi connectivity index (χ0v) is 14.3. The van der Waals surface area contributed by atoms with Gasteiger partial charge in [-0.1, -0.05) is 52.2 Å². The van der Waals surface area contributed by atoms with Crippen LogP contribution in [-0.4, -0.2) is 24.4 Å². The van der Waals surface area contributed by atoms with Crippen molar-refractivity contribution >= 4 is 0 Å². The van der Waals surface area contributed by atoms with Gasteiger partial charge in [-0.25, -0.2) is 0 Å². The van der Waals surface area contributed by atoms with Crippen LogP contribution in [0.1, 0.15) is 52.0 Å². The van der Waals surface area contributed by atoms with E-state index in [4.69, 9.17) is 0 Å². The Hall–Kier alpha value is -1.23. The Labute approximate surface area is 137 Å². The zero-order chi connectivity index (χ0) is 17.3. The Bertz CT molecular complexity index is 429. The molecule has 0 spiro atoms. The highest BCUT2D eigenvalue weighted by Crippen LogP contribution is 2.23. The minimum atomic E-state index is -4.63. The van der Waals surface area contributed by atoms with Gasteiger partial charge in [0.15, 0.2) is 0 Å². The molecule has 0 aliphatic carbocycles. The fraction of sp³-hybridized carbons (Fsp3) is 0.667. The summed E-state index contributed by atoms with van der Waals surface area (Å²) in [4.78, 5) is 2.31. The molecule has 0 aliphatic heterocycles. The molecule has 0 N–H and O–H groups in total. The van der Waals surface area contributed by atoms with E-state index >= 15 is 0 Å². The minimum absolute atomic E-state index is 0.169. The number of ether oxygens (including phenoxy) is 1. The highest BCUT2D eigenvalue weighted by Gasteiger charge is 2.30. The lowest BCUT2D eigenvalue weighted by atomic mass is 10.1. The molecule has 1 rings (SSSR count). The van der Waals surface area contributed by atoms with Gasteiger partial charge in [-0.3, -0.25) is 4.90 Å². The first-order valence-electron chi connectivity index (χ1n) is 8.37. The Morgan fingerprint density at radius 2 is 1.70 bits per heavy atom. The second-order valence-electron chi connectivity index (χ2n) is 6.30. The van der Waals surface area contributed by atoms with Gasteiger partial charge in [0.2, 0.25) is 0 Å². The highest BCUT2D eigenvalue weighted by molar-refractivity contribution is 5.27. The van der Waals surface area contributed by atoms with Gasteiger partial charge in [0.25, 0.3) is 0 Å². The average molecular weight is 331 g/mol.